The fraction of sp³-hybridized carbons (Fsp3) is 0.583. The van der Waals surface area contributed by atoms with Crippen molar-refractivity contribution < 1.29 is 18.6 Å². The van der Waals surface area contributed by atoms with Gasteiger partial charge in [-0.05, 0) is 49.1 Å². The van der Waals surface area contributed by atoms with E-state index < -0.39 is 22.0 Å². The quantitative estimate of drug-likeness (QED) is 0.591. The minimum absolute atomic E-state index is 0.0238. The zero-order chi connectivity index (χ0) is 21.0. The van der Waals surface area contributed by atoms with Gasteiger partial charge in [0.2, 0.25) is 0 Å². The second-order valence-electron chi connectivity index (χ2n) is 8.82. The lowest BCUT2D eigenvalue weighted by Gasteiger charge is -2.19. The van der Waals surface area contributed by atoms with E-state index in [9.17, 15) is 18.6 Å². The summed E-state index contributed by atoms with van der Waals surface area (Å²) in [5.74, 6) is 0.809. The summed E-state index contributed by atoms with van der Waals surface area (Å²) in [5, 5.41) is 20.9. The van der Waals surface area contributed by atoms with Crippen LogP contribution in [-0.4, -0.2) is 36.6 Å². The first-order chi connectivity index (χ1) is 13.8. The van der Waals surface area contributed by atoms with Crippen molar-refractivity contribution in [1.29, 1.82) is 0 Å². The third kappa shape index (κ3) is 5.39. The molecule has 1 fully saturated rings. The first-order valence-electron chi connectivity index (χ1n) is 10.8. The molecule has 1 saturated carbocycles. The van der Waals surface area contributed by atoms with Crippen LogP contribution in [0.15, 0.2) is 59.0 Å². The van der Waals surface area contributed by atoms with E-state index in [4.69, 9.17) is 0 Å². The minimum atomic E-state index is -3.37. The molecule has 0 amide bonds. The van der Waals surface area contributed by atoms with Crippen LogP contribution in [0.2, 0.25) is 0 Å². The fourth-order valence-electron chi connectivity index (χ4n) is 5.06. The van der Waals surface area contributed by atoms with E-state index in [0.717, 1.165) is 31.3 Å². The van der Waals surface area contributed by atoms with Gasteiger partial charge in [-0.2, -0.15) is 0 Å². The topological polar surface area (TPSA) is 74.6 Å². The molecule has 1 unspecified atom stereocenters. The molecule has 0 spiro atoms. The number of aliphatic hydroxyl groups is 2. The Labute approximate surface area is 175 Å². The van der Waals surface area contributed by atoms with Crippen molar-refractivity contribution in [2.45, 2.75) is 63.1 Å². The minimum Gasteiger partial charge on any atom is -0.392 e. The Morgan fingerprint density at radius 2 is 1.97 bits per heavy atom. The third-order valence-electron chi connectivity index (χ3n) is 6.52. The molecule has 2 aliphatic rings. The van der Waals surface area contributed by atoms with Crippen LogP contribution in [0.1, 0.15) is 46.0 Å². The molecule has 2 N–H and O–H groups in total. The van der Waals surface area contributed by atoms with Crippen LogP contribution in [0.3, 0.4) is 0 Å². The van der Waals surface area contributed by atoms with Gasteiger partial charge in [-0.25, -0.2) is 8.42 Å². The number of sulfone groups is 1. The molecule has 29 heavy (non-hydrogen) atoms. The van der Waals surface area contributed by atoms with Crippen LogP contribution in [0, 0.1) is 23.7 Å². The maximum Gasteiger partial charge on any atom is 0.182 e. The summed E-state index contributed by atoms with van der Waals surface area (Å²) < 4.78 is 25.5. The van der Waals surface area contributed by atoms with Gasteiger partial charge in [-0.1, -0.05) is 68.7 Å². The fourth-order valence-corrected chi connectivity index (χ4v) is 6.57. The summed E-state index contributed by atoms with van der Waals surface area (Å²) in [6.45, 7) is 4.30. The molecular weight excluding hydrogens is 384 g/mol. The van der Waals surface area contributed by atoms with Crippen LogP contribution in [0.25, 0.3) is 0 Å². The molecule has 1 aromatic rings. The van der Waals surface area contributed by atoms with E-state index in [1.54, 1.807) is 24.3 Å². The standard InChI is InChI=1S/C24H34O4S/c1-3-7-17(2)14-19(25)11-13-22-21-12-10-18(23(21)15-24(22)26)16-29(27,28)20-8-5-4-6-9-20/h4-6,8-11,13,17,19,21-26H,3,7,12,14-16H2,1-2H3/b13-11+/t17?,19-,21-,22+,23-,24-/m1/s1. The summed E-state index contributed by atoms with van der Waals surface area (Å²) in [6, 6.07) is 8.57. The van der Waals surface area contributed by atoms with Gasteiger partial charge in [-0.3, -0.25) is 0 Å². The predicted octanol–water partition coefficient (Wildman–Crippen LogP) is 4.15. The van der Waals surface area contributed by atoms with Crippen molar-refractivity contribution in [2.24, 2.45) is 23.7 Å². The molecule has 0 heterocycles. The molecule has 5 heteroatoms. The normalized spacial score (nSPS) is 29.0. The zero-order valence-electron chi connectivity index (χ0n) is 17.4. The molecular formula is C24H34O4S. The summed E-state index contributed by atoms with van der Waals surface area (Å²) in [7, 11) is -3.37. The number of aliphatic hydroxyl groups excluding tert-OH is 2. The Hall–Kier alpha value is -1.43. The molecule has 6 atom stereocenters. The van der Waals surface area contributed by atoms with Crippen molar-refractivity contribution in [3.63, 3.8) is 0 Å². The number of allylic oxidation sites excluding steroid dienone is 1. The predicted molar refractivity (Wildman–Crippen MR) is 116 cm³/mol. The van der Waals surface area contributed by atoms with Gasteiger partial charge in [0.1, 0.15) is 0 Å². The maximum absolute atomic E-state index is 12.8. The number of hydrogen-bond acceptors (Lipinski definition) is 4. The summed E-state index contributed by atoms with van der Waals surface area (Å²) in [4.78, 5) is 0.351. The third-order valence-corrected chi connectivity index (χ3v) is 8.22. The molecule has 160 valence electrons. The van der Waals surface area contributed by atoms with Crippen LogP contribution in [0.5, 0.6) is 0 Å². The highest BCUT2D eigenvalue weighted by atomic mass is 32.2. The molecule has 4 nitrogen and oxygen atoms in total. The van der Waals surface area contributed by atoms with Crippen LogP contribution in [0.4, 0.5) is 0 Å². The smallest absolute Gasteiger partial charge is 0.182 e. The van der Waals surface area contributed by atoms with Crippen LogP contribution >= 0.6 is 0 Å². The van der Waals surface area contributed by atoms with Gasteiger partial charge in [0, 0.05) is 5.92 Å². The van der Waals surface area contributed by atoms with E-state index in [-0.39, 0.29) is 23.5 Å². The molecule has 2 aliphatic carbocycles. The number of hydrogen-bond donors (Lipinski definition) is 2. The lowest BCUT2D eigenvalue weighted by molar-refractivity contribution is 0.139. The number of rotatable bonds is 9. The lowest BCUT2D eigenvalue weighted by atomic mass is 9.88. The maximum atomic E-state index is 12.8. The lowest BCUT2D eigenvalue weighted by Crippen LogP contribution is -2.18. The highest BCUT2D eigenvalue weighted by molar-refractivity contribution is 7.91. The Bertz CT molecular complexity index is 828. The van der Waals surface area contributed by atoms with E-state index in [1.807, 2.05) is 18.2 Å². The van der Waals surface area contributed by atoms with Crippen molar-refractivity contribution in [2.75, 3.05) is 5.75 Å². The van der Waals surface area contributed by atoms with Gasteiger partial charge in [0.25, 0.3) is 0 Å². The zero-order valence-corrected chi connectivity index (χ0v) is 18.3. The Morgan fingerprint density at radius 1 is 1.24 bits per heavy atom. The molecule has 0 bridgehead atoms. The van der Waals surface area contributed by atoms with Crippen LogP contribution < -0.4 is 0 Å². The Morgan fingerprint density at radius 3 is 2.66 bits per heavy atom. The van der Waals surface area contributed by atoms with E-state index >= 15 is 0 Å². The van der Waals surface area contributed by atoms with Crippen molar-refractivity contribution in [1.82, 2.24) is 0 Å². The molecule has 3 rings (SSSR count). The Balaban J connectivity index is 1.63. The number of benzene rings is 1. The van der Waals surface area contributed by atoms with E-state index in [0.29, 0.717) is 17.2 Å². The first kappa shape index (κ1) is 22.3. The molecule has 0 radical (unpaired) electrons. The average Bonchev–Trinajstić information content (AvgIpc) is 3.19. The summed E-state index contributed by atoms with van der Waals surface area (Å²) >= 11 is 0. The van der Waals surface area contributed by atoms with Crippen molar-refractivity contribution in [3.05, 3.63) is 54.1 Å². The van der Waals surface area contributed by atoms with Crippen LogP contribution in [-0.2, 0) is 9.84 Å². The number of fused-ring (bicyclic) bond motifs is 1. The van der Waals surface area contributed by atoms with Gasteiger partial charge in [0.15, 0.2) is 9.84 Å². The monoisotopic (exact) mass is 418 g/mol. The molecule has 0 aliphatic heterocycles. The van der Waals surface area contributed by atoms with Gasteiger partial charge >= 0.3 is 0 Å². The van der Waals surface area contributed by atoms with E-state index in [2.05, 4.69) is 19.9 Å². The van der Waals surface area contributed by atoms with E-state index in [1.165, 1.54) is 0 Å². The van der Waals surface area contributed by atoms with Gasteiger partial charge in [0.05, 0.1) is 22.9 Å². The largest absolute Gasteiger partial charge is 0.392 e. The average molecular weight is 419 g/mol. The highest BCUT2D eigenvalue weighted by Gasteiger charge is 2.45. The van der Waals surface area contributed by atoms with Crippen molar-refractivity contribution in [3.8, 4) is 0 Å². The highest BCUT2D eigenvalue weighted by Crippen LogP contribution is 2.49. The summed E-state index contributed by atoms with van der Waals surface area (Å²) in [6.07, 6.45) is 9.23. The first-order valence-corrected chi connectivity index (χ1v) is 12.5. The Kier molecular flexibility index (Phi) is 7.36. The molecule has 1 aromatic carbocycles. The second kappa shape index (κ2) is 9.59. The van der Waals surface area contributed by atoms with Gasteiger partial charge < -0.3 is 10.2 Å². The SMILES string of the molecule is CCCC(C)C[C@H](O)/C=C/[C@H]1[C@H]2CC=C(CS(=O)(=O)c3ccccc3)[C@H]2C[C@H]1O. The summed E-state index contributed by atoms with van der Waals surface area (Å²) in [5.41, 5.74) is 0.936. The van der Waals surface area contributed by atoms with Gasteiger partial charge in [-0.15, -0.1) is 0 Å². The molecule has 0 saturated heterocycles. The molecule has 0 aromatic heterocycles. The van der Waals surface area contributed by atoms with Crippen molar-refractivity contribution >= 4 is 9.84 Å². The second-order valence-corrected chi connectivity index (χ2v) is 10.8.